The lowest BCUT2D eigenvalue weighted by molar-refractivity contribution is -0.133. The highest BCUT2D eigenvalue weighted by atomic mass is 16.5. The normalized spacial score (nSPS) is 32.9. The Balaban J connectivity index is 1.78. The molecule has 3 atom stereocenters. The first-order valence-electron chi connectivity index (χ1n) is 6.33. The molecule has 5 heteroatoms. The van der Waals surface area contributed by atoms with Crippen LogP contribution < -0.4 is 5.32 Å². The van der Waals surface area contributed by atoms with Crippen LogP contribution in [0.5, 0.6) is 0 Å². The third-order valence-corrected chi connectivity index (χ3v) is 3.60. The Morgan fingerprint density at radius 3 is 3.00 bits per heavy atom. The van der Waals surface area contributed by atoms with Crippen LogP contribution in [0.4, 0.5) is 0 Å². The molecular formula is C12H22N2O3. The molecule has 0 aromatic heterocycles. The fraction of sp³-hybridized carbons (Fsp3) is 0.917. The van der Waals surface area contributed by atoms with E-state index in [2.05, 4.69) is 5.32 Å². The highest BCUT2D eigenvalue weighted by Crippen LogP contribution is 2.15. The summed E-state index contributed by atoms with van der Waals surface area (Å²) in [5, 5.41) is 3.21. The van der Waals surface area contributed by atoms with Gasteiger partial charge in [-0.05, 0) is 19.3 Å². The second kappa shape index (κ2) is 5.80. The number of ether oxygens (including phenoxy) is 2. The number of carbonyl (C=O) groups excluding carboxylic acids is 1. The average Bonchev–Trinajstić information content (AvgIpc) is 2.98. The lowest BCUT2D eigenvalue weighted by Gasteiger charge is -2.23. The first-order valence-corrected chi connectivity index (χ1v) is 6.33. The van der Waals surface area contributed by atoms with E-state index in [-0.39, 0.29) is 24.2 Å². The van der Waals surface area contributed by atoms with Gasteiger partial charge in [0.15, 0.2) is 0 Å². The molecule has 0 aliphatic carbocycles. The Morgan fingerprint density at radius 1 is 1.59 bits per heavy atom. The van der Waals surface area contributed by atoms with Gasteiger partial charge >= 0.3 is 0 Å². The van der Waals surface area contributed by atoms with E-state index in [1.54, 1.807) is 12.0 Å². The van der Waals surface area contributed by atoms with E-state index in [1.165, 1.54) is 0 Å². The molecule has 5 nitrogen and oxygen atoms in total. The Kier molecular flexibility index (Phi) is 4.36. The molecule has 2 heterocycles. The number of hydrogen-bond donors (Lipinski definition) is 1. The fourth-order valence-corrected chi connectivity index (χ4v) is 2.52. The predicted octanol–water partition coefficient (Wildman–Crippen LogP) is 0.000700. The van der Waals surface area contributed by atoms with Gasteiger partial charge in [-0.25, -0.2) is 0 Å². The number of likely N-dealkylation sites (N-methyl/N-ethyl adjacent to an activating group) is 1. The lowest BCUT2D eigenvalue weighted by Crippen LogP contribution is -2.44. The molecule has 0 spiro atoms. The number of nitrogens with zero attached hydrogens (tertiary/aromatic N) is 1. The monoisotopic (exact) mass is 242 g/mol. The molecule has 2 fully saturated rings. The molecule has 1 N–H and O–H groups in total. The maximum Gasteiger partial charge on any atom is 0.239 e. The zero-order valence-corrected chi connectivity index (χ0v) is 10.6. The minimum absolute atomic E-state index is 0.0913. The molecule has 98 valence electrons. The third kappa shape index (κ3) is 3.18. The van der Waals surface area contributed by atoms with Crippen molar-refractivity contribution in [1.82, 2.24) is 10.2 Å². The number of carbonyl (C=O) groups is 1. The van der Waals surface area contributed by atoms with E-state index in [1.807, 2.05) is 7.05 Å². The van der Waals surface area contributed by atoms with E-state index in [0.29, 0.717) is 6.54 Å². The van der Waals surface area contributed by atoms with Crippen molar-refractivity contribution in [3.05, 3.63) is 0 Å². The first kappa shape index (κ1) is 12.8. The smallest absolute Gasteiger partial charge is 0.239 e. The van der Waals surface area contributed by atoms with Gasteiger partial charge < -0.3 is 19.7 Å². The van der Waals surface area contributed by atoms with Crippen LogP contribution in [-0.4, -0.2) is 62.9 Å². The zero-order valence-electron chi connectivity index (χ0n) is 10.6. The summed E-state index contributed by atoms with van der Waals surface area (Å²) in [6.07, 6.45) is 3.34. The van der Waals surface area contributed by atoms with Crippen LogP contribution in [0.25, 0.3) is 0 Å². The molecule has 3 unspecified atom stereocenters. The summed E-state index contributed by atoms with van der Waals surface area (Å²) >= 11 is 0. The van der Waals surface area contributed by atoms with Crippen molar-refractivity contribution in [2.45, 2.75) is 37.5 Å². The summed E-state index contributed by atoms with van der Waals surface area (Å²) in [5.41, 5.74) is 0. The van der Waals surface area contributed by atoms with Crippen LogP contribution in [0.2, 0.25) is 0 Å². The van der Waals surface area contributed by atoms with E-state index >= 15 is 0 Å². The Hall–Kier alpha value is -0.650. The summed E-state index contributed by atoms with van der Waals surface area (Å²) in [4.78, 5) is 13.9. The maximum absolute atomic E-state index is 12.1. The summed E-state index contributed by atoms with van der Waals surface area (Å²) < 4.78 is 10.8. The van der Waals surface area contributed by atoms with Gasteiger partial charge in [0.05, 0.1) is 18.2 Å². The molecular weight excluding hydrogens is 220 g/mol. The van der Waals surface area contributed by atoms with Gasteiger partial charge in [0.1, 0.15) is 0 Å². The number of nitrogens with one attached hydrogen (secondary N) is 1. The quantitative estimate of drug-likeness (QED) is 0.754. The lowest BCUT2D eigenvalue weighted by atomic mass is 10.1. The van der Waals surface area contributed by atoms with Gasteiger partial charge in [-0.15, -0.1) is 0 Å². The van der Waals surface area contributed by atoms with Crippen molar-refractivity contribution in [3.63, 3.8) is 0 Å². The summed E-state index contributed by atoms with van der Waals surface area (Å²) in [5.74, 6) is 0.153. The van der Waals surface area contributed by atoms with Crippen molar-refractivity contribution in [3.8, 4) is 0 Å². The average molecular weight is 242 g/mol. The molecule has 2 aliphatic rings. The number of methoxy groups -OCH3 is 1. The summed E-state index contributed by atoms with van der Waals surface area (Å²) in [6, 6.07) is -0.0913. The topological polar surface area (TPSA) is 50.8 Å². The van der Waals surface area contributed by atoms with Crippen molar-refractivity contribution < 1.29 is 14.3 Å². The maximum atomic E-state index is 12.1. The van der Waals surface area contributed by atoms with E-state index in [4.69, 9.17) is 9.47 Å². The standard InChI is InChI=1S/C12H22N2O3/c1-14(8-9-4-3-5-17-9)12(15)11-6-10(16-2)7-13-11/h9-11,13H,3-8H2,1-2H3. The highest BCUT2D eigenvalue weighted by Gasteiger charge is 2.32. The van der Waals surface area contributed by atoms with E-state index in [0.717, 1.165) is 32.4 Å². The SMILES string of the molecule is COC1CNC(C(=O)N(C)CC2CCCO2)C1. The van der Waals surface area contributed by atoms with Gasteiger partial charge in [-0.2, -0.15) is 0 Å². The third-order valence-electron chi connectivity index (χ3n) is 3.60. The van der Waals surface area contributed by atoms with Crippen LogP contribution in [0, 0.1) is 0 Å². The zero-order chi connectivity index (χ0) is 12.3. The summed E-state index contributed by atoms with van der Waals surface area (Å²) in [7, 11) is 3.54. The predicted molar refractivity (Wildman–Crippen MR) is 63.8 cm³/mol. The first-order chi connectivity index (χ1) is 8.20. The molecule has 0 aromatic rings. The minimum atomic E-state index is -0.0913. The fourth-order valence-electron chi connectivity index (χ4n) is 2.52. The molecule has 0 bridgehead atoms. The van der Waals surface area contributed by atoms with Crippen molar-refractivity contribution >= 4 is 5.91 Å². The van der Waals surface area contributed by atoms with Gasteiger partial charge in [0.2, 0.25) is 5.91 Å². The highest BCUT2D eigenvalue weighted by molar-refractivity contribution is 5.82. The molecule has 2 saturated heterocycles. The molecule has 0 radical (unpaired) electrons. The van der Waals surface area contributed by atoms with Gasteiger partial charge in [-0.3, -0.25) is 4.79 Å². The largest absolute Gasteiger partial charge is 0.380 e. The van der Waals surface area contributed by atoms with Gasteiger partial charge in [0, 0.05) is 33.9 Å². The van der Waals surface area contributed by atoms with E-state index < -0.39 is 0 Å². The van der Waals surface area contributed by atoms with Crippen LogP contribution in [0.15, 0.2) is 0 Å². The van der Waals surface area contributed by atoms with Crippen molar-refractivity contribution in [1.29, 1.82) is 0 Å². The molecule has 0 saturated carbocycles. The number of rotatable bonds is 4. The van der Waals surface area contributed by atoms with Crippen molar-refractivity contribution in [2.75, 3.05) is 33.9 Å². The summed E-state index contributed by atoms with van der Waals surface area (Å²) in [6.45, 7) is 2.30. The minimum Gasteiger partial charge on any atom is -0.380 e. The molecule has 2 aliphatic heterocycles. The molecule has 17 heavy (non-hydrogen) atoms. The van der Waals surface area contributed by atoms with Crippen LogP contribution in [0.3, 0.4) is 0 Å². The Morgan fingerprint density at radius 2 is 2.41 bits per heavy atom. The molecule has 0 aromatic carbocycles. The molecule has 1 amide bonds. The van der Waals surface area contributed by atoms with Crippen LogP contribution in [-0.2, 0) is 14.3 Å². The number of hydrogen-bond acceptors (Lipinski definition) is 4. The van der Waals surface area contributed by atoms with E-state index in [9.17, 15) is 4.79 Å². The van der Waals surface area contributed by atoms with Gasteiger partial charge in [0.25, 0.3) is 0 Å². The Bertz CT molecular complexity index is 266. The Labute approximate surface area is 102 Å². The van der Waals surface area contributed by atoms with Crippen LogP contribution in [0.1, 0.15) is 19.3 Å². The van der Waals surface area contributed by atoms with Gasteiger partial charge in [-0.1, -0.05) is 0 Å². The second-order valence-corrected chi connectivity index (χ2v) is 4.91. The number of amides is 1. The molecule has 2 rings (SSSR count). The van der Waals surface area contributed by atoms with Crippen molar-refractivity contribution in [2.24, 2.45) is 0 Å². The second-order valence-electron chi connectivity index (χ2n) is 4.91. The van der Waals surface area contributed by atoms with Crippen LogP contribution >= 0.6 is 0 Å².